The van der Waals surface area contributed by atoms with Crippen molar-refractivity contribution in [3.05, 3.63) is 48.0 Å². The van der Waals surface area contributed by atoms with Crippen LogP contribution in [0.3, 0.4) is 0 Å². The number of alkyl carbamates (subject to hydrolysis) is 1. The third-order valence-corrected chi connectivity index (χ3v) is 6.30. The fraction of sp³-hybridized carbons (Fsp3) is 0.621. The van der Waals surface area contributed by atoms with Crippen LogP contribution in [0.5, 0.6) is 0 Å². The topological polar surface area (TPSA) is 38.3 Å². The highest BCUT2D eigenvalue weighted by atomic mass is 16.5. The summed E-state index contributed by atoms with van der Waals surface area (Å²) in [6.45, 7) is 3.01. The third kappa shape index (κ3) is 11.5. The molecule has 0 spiro atoms. The molecule has 32 heavy (non-hydrogen) atoms. The Kier molecular flexibility index (Phi) is 14.4. The Morgan fingerprint density at radius 3 is 1.84 bits per heavy atom. The first kappa shape index (κ1) is 26.2. The summed E-state index contributed by atoms with van der Waals surface area (Å²) in [7, 11) is 0. The Bertz CT molecular complexity index is 738. The summed E-state index contributed by atoms with van der Waals surface area (Å²) in [6.07, 6.45) is 19.6. The summed E-state index contributed by atoms with van der Waals surface area (Å²) in [5.74, 6) is 0. The molecule has 2 aromatic carbocycles. The molecule has 0 heterocycles. The number of amides is 1. The van der Waals surface area contributed by atoms with Gasteiger partial charge in [0.25, 0.3) is 0 Å². The van der Waals surface area contributed by atoms with E-state index in [4.69, 9.17) is 4.74 Å². The lowest BCUT2D eigenvalue weighted by Gasteiger charge is -2.07. The van der Waals surface area contributed by atoms with E-state index >= 15 is 0 Å². The lowest BCUT2D eigenvalue weighted by molar-refractivity contribution is 0.152. The van der Waals surface area contributed by atoms with Gasteiger partial charge in [-0.1, -0.05) is 120 Å². The predicted molar refractivity (Wildman–Crippen MR) is 137 cm³/mol. The summed E-state index contributed by atoms with van der Waals surface area (Å²) >= 11 is 0. The van der Waals surface area contributed by atoms with Crippen molar-refractivity contribution in [3.63, 3.8) is 0 Å². The van der Waals surface area contributed by atoms with Crippen molar-refractivity contribution in [1.82, 2.24) is 5.32 Å². The number of rotatable bonds is 18. The summed E-state index contributed by atoms with van der Waals surface area (Å²) < 4.78 is 4.85. The molecule has 0 aliphatic rings. The van der Waals surface area contributed by atoms with Gasteiger partial charge in [0.2, 0.25) is 0 Å². The predicted octanol–water partition coefficient (Wildman–Crippen LogP) is 8.59. The van der Waals surface area contributed by atoms with Gasteiger partial charge in [-0.3, -0.25) is 0 Å². The monoisotopic (exact) mass is 439 g/mol. The normalized spacial score (nSPS) is 11.0. The standard InChI is InChI=1S/C29H45NO2/c1-2-32-29(31)30-25-18-14-12-10-8-6-4-3-5-7-9-11-13-15-20-26-22-19-23-27-21-16-17-24-28(26)27/h16-17,19,21-24H,2-15,18,20,25H2,1H3,(H,30,31). The fourth-order valence-electron chi connectivity index (χ4n) is 4.44. The van der Waals surface area contributed by atoms with Crippen LogP contribution in [-0.4, -0.2) is 19.2 Å². The number of aryl methyl sites for hydroxylation is 1. The highest BCUT2D eigenvalue weighted by molar-refractivity contribution is 5.85. The highest BCUT2D eigenvalue weighted by Crippen LogP contribution is 2.21. The minimum Gasteiger partial charge on any atom is -0.450 e. The number of ether oxygens (including phenoxy) is 1. The zero-order valence-electron chi connectivity index (χ0n) is 20.4. The lowest BCUT2D eigenvalue weighted by atomic mass is 9.99. The summed E-state index contributed by atoms with van der Waals surface area (Å²) in [6, 6.07) is 15.5. The first-order chi connectivity index (χ1) is 15.8. The summed E-state index contributed by atoms with van der Waals surface area (Å²) in [5.41, 5.74) is 1.51. The van der Waals surface area contributed by atoms with Gasteiger partial charge < -0.3 is 10.1 Å². The van der Waals surface area contributed by atoms with Crippen LogP contribution in [0.2, 0.25) is 0 Å². The molecule has 0 aromatic heterocycles. The third-order valence-electron chi connectivity index (χ3n) is 6.30. The van der Waals surface area contributed by atoms with E-state index in [1.54, 1.807) is 0 Å². The Morgan fingerprint density at radius 2 is 1.22 bits per heavy atom. The Labute approximate surface area is 196 Å². The zero-order chi connectivity index (χ0) is 22.7. The van der Waals surface area contributed by atoms with Crippen LogP contribution in [-0.2, 0) is 11.2 Å². The first-order valence-corrected chi connectivity index (χ1v) is 13.2. The maximum atomic E-state index is 11.2. The van der Waals surface area contributed by atoms with Crippen LogP contribution < -0.4 is 5.32 Å². The van der Waals surface area contributed by atoms with E-state index in [0.29, 0.717) is 6.61 Å². The number of unbranched alkanes of at least 4 members (excludes halogenated alkanes) is 13. The summed E-state index contributed by atoms with van der Waals surface area (Å²) in [5, 5.41) is 5.58. The second kappa shape index (κ2) is 17.5. The van der Waals surface area contributed by atoms with Gasteiger partial charge in [0.05, 0.1) is 6.61 Å². The highest BCUT2D eigenvalue weighted by Gasteiger charge is 2.01. The van der Waals surface area contributed by atoms with E-state index < -0.39 is 0 Å². The molecule has 0 bridgehead atoms. The van der Waals surface area contributed by atoms with E-state index in [9.17, 15) is 4.79 Å². The van der Waals surface area contributed by atoms with Gasteiger partial charge in [0.15, 0.2) is 0 Å². The molecule has 3 nitrogen and oxygen atoms in total. The van der Waals surface area contributed by atoms with Crippen LogP contribution in [0.15, 0.2) is 42.5 Å². The number of fused-ring (bicyclic) bond motifs is 1. The molecule has 0 atom stereocenters. The first-order valence-electron chi connectivity index (χ1n) is 13.2. The summed E-state index contributed by atoms with van der Waals surface area (Å²) in [4.78, 5) is 11.2. The minimum atomic E-state index is -0.284. The van der Waals surface area contributed by atoms with E-state index in [1.165, 1.54) is 106 Å². The molecule has 1 N–H and O–H groups in total. The second-order valence-electron chi connectivity index (χ2n) is 8.99. The van der Waals surface area contributed by atoms with Crippen LogP contribution in [0.4, 0.5) is 4.79 Å². The zero-order valence-corrected chi connectivity index (χ0v) is 20.4. The van der Waals surface area contributed by atoms with E-state index in [-0.39, 0.29) is 6.09 Å². The molecule has 0 aliphatic heterocycles. The van der Waals surface area contributed by atoms with Crippen molar-refractivity contribution < 1.29 is 9.53 Å². The lowest BCUT2D eigenvalue weighted by Crippen LogP contribution is -2.25. The number of nitrogens with one attached hydrogen (secondary N) is 1. The molecule has 1 amide bonds. The Hall–Kier alpha value is -2.03. The maximum absolute atomic E-state index is 11.2. The van der Waals surface area contributed by atoms with Crippen LogP contribution in [0, 0.1) is 0 Å². The van der Waals surface area contributed by atoms with Crippen molar-refractivity contribution in [2.24, 2.45) is 0 Å². The number of carbonyl (C=O) groups is 1. The van der Waals surface area contributed by atoms with Gasteiger partial charge in [-0.05, 0) is 42.5 Å². The van der Waals surface area contributed by atoms with E-state index in [2.05, 4.69) is 47.8 Å². The van der Waals surface area contributed by atoms with Crippen molar-refractivity contribution in [1.29, 1.82) is 0 Å². The molecule has 0 saturated carbocycles. The van der Waals surface area contributed by atoms with Crippen molar-refractivity contribution >= 4 is 16.9 Å². The molecule has 0 unspecified atom stereocenters. The molecule has 2 aromatic rings. The number of hydrogen-bond acceptors (Lipinski definition) is 2. The molecule has 2 rings (SSSR count). The molecule has 0 fully saturated rings. The smallest absolute Gasteiger partial charge is 0.407 e. The molecule has 0 radical (unpaired) electrons. The molecule has 0 saturated heterocycles. The SMILES string of the molecule is CCOC(=O)NCCCCCCCCCCCCCCCCc1cccc2ccccc12. The van der Waals surface area contributed by atoms with Gasteiger partial charge in [-0.15, -0.1) is 0 Å². The molecular formula is C29H45NO2. The van der Waals surface area contributed by atoms with Gasteiger partial charge in [-0.25, -0.2) is 4.79 Å². The maximum Gasteiger partial charge on any atom is 0.407 e. The number of carbonyl (C=O) groups excluding carboxylic acids is 1. The van der Waals surface area contributed by atoms with Crippen molar-refractivity contribution in [3.8, 4) is 0 Å². The molecular weight excluding hydrogens is 394 g/mol. The average Bonchev–Trinajstić information content (AvgIpc) is 2.81. The second-order valence-corrected chi connectivity index (χ2v) is 8.99. The average molecular weight is 440 g/mol. The molecule has 0 aliphatic carbocycles. The minimum absolute atomic E-state index is 0.284. The van der Waals surface area contributed by atoms with E-state index in [1.807, 2.05) is 6.92 Å². The van der Waals surface area contributed by atoms with Crippen molar-refractivity contribution in [2.45, 2.75) is 103 Å². The van der Waals surface area contributed by atoms with Gasteiger partial charge in [0.1, 0.15) is 0 Å². The fourth-order valence-corrected chi connectivity index (χ4v) is 4.44. The van der Waals surface area contributed by atoms with Gasteiger partial charge in [0, 0.05) is 6.54 Å². The largest absolute Gasteiger partial charge is 0.450 e. The van der Waals surface area contributed by atoms with Crippen LogP contribution >= 0.6 is 0 Å². The quantitative estimate of drug-likeness (QED) is 0.236. The Morgan fingerprint density at radius 1 is 0.688 bits per heavy atom. The van der Waals surface area contributed by atoms with Crippen LogP contribution in [0.1, 0.15) is 102 Å². The van der Waals surface area contributed by atoms with Gasteiger partial charge in [-0.2, -0.15) is 0 Å². The van der Waals surface area contributed by atoms with Gasteiger partial charge >= 0.3 is 6.09 Å². The molecule has 178 valence electrons. The number of hydrogen-bond donors (Lipinski definition) is 1. The van der Waals surface area contributed by atoms with Crippen LogP contribution in [0.25, 0.3) is 10.8 Å². The Balaban J connectivity index is 1.32. The van der Waals surface area contributed by atoms with E-state index in [0.717, 1.165) is 13.0 Å². The molecule has 3 heteroatoms. The van der Waals surface area contributed by atoms with Crippen molar-refractivity contribution in [2.75, 3.05) is 13.2 Å². The number of benzene rings is 2.